The molecule has 8 heteroatoms. The van der Waals surface area contributed by atoms with Crippen molar-refractivity contribution in [2.24, 2.45) is 17.8 Å². The Morgan fingerprint density at radius 2 is 1.58 bits per heavy atom. The van der Waals surface area contributed by atoms with E-state index in [1.165, 1.54) is 56.9 Å². The summed E-state index contributed by atoms with van der Waals surface area (Å²) in [5.41, 5.74) is 4.46. The predicted molar refractivity (Wildman–Crippen MR) is 212 cm³/mol. The Balaban J connectivity index is 1.32. The van der Waals surface area contributed by atoms with Crippen LogP contribution >= 0.6 is 0 Å². The van der Waals surface area contributed by atoms with Crippen molar-refractivity contribution in [1.29, 1.82) is 0 Å². The summed E-state index contributed by atoms with van der Waals surface area (Å²) in [4.78, 5) is 26.6. The van der Waals surface area contributed by atoms with Crippen LogP contribution in [0.15, 0.2) is 0 Å². The highest BCUT2D eigenvalue weighted by Crippen LogP contribution is 2.45. The number of hydrogen-bond donors (Lipinski definition) is 2. The fraction of sp³-hybridized carbons (Fsp3) is 0.818. The standard InChI is InChI=1S/C44H76N2O6/c1-10-37-29-38(47)30-46(37)40(48)22-12-11-13-26-45-43(49)51-28-27-50-41-34(6)35(7)42-39(36(41)8)23-25-44(9,52-42)24-16-21-33(5)20-15-19-32(4)18-14-17-31(2)3/h31-33,37-38,47H,10-30H2,1-9H3,(H,45,49)/t32-,33-,37-,38-,44-/m1/s1. The molecule has 0 radical (unpaired) electrons. The summed E-state index contributed by atoms with van der Waals surface area (Å²) in [6.07, 6.45) is 17.3. The molecule has 3 rings (SSSR count). The molecule has 1 aromatic carbocycles. The molecule has 1 fully saturated rings. The van der Waals surface area contributed by atoms with Crippen LogP contribution in [0.25, 0.3) is 0 Å². The van der Waals surface area contributed by atoms with E-state index in [9.17, 15) is 14.7 Å². The molecule has 0 saturated carbocycles. The van der Waals surface area contributed by atoms with E-state index in [0.29, 0.717) is 25.9 Å². The average molecular weight is 729 g/mol. The van der Waals surface area contributed by atoms with Gasteiger partial charge in [-0.25, -0.2) is 4.79 Å². The molecule has 1 saturated heterocycles. The molecule has 2 aliphatic rings. The number of rotatable bonds is 23. The SMILES string of the molecule is CC[C@@H]1C[C@@H](O)CN1C(=O)CCCCCNC(=O)OCCOc1c(C)c(C)c2c(c1C)CC[C@@](C)(CCC[C@H](C)CCC[C@H](C)CCCC(C)C)O2. The van der Waals surface area contributed by atoms with Crippen molar-refractivity contribution in [2.45, 2.75) is 189 Å². The van der Waals surface area contributed by atoms with E-state index < -0.39 is 12.2 Å². The van der Waals surface area contributed by atoms with E-state index in [4.69, 9.17) is 14.2 Å². The molecule has 0 spiro atoms. The van der Waals surface area contributed by atoms with Crippen LogP contribution in [0.1, 0.15) is 167 Å². The lowest BCUT2D eigenvalue weighted by molar-refractivity contribution is -0.132. The molecule has 5 atom stereocenters. The summed E-state index contributed by atoms with van der Waals surface area (Å²) in [5.74, 6) is 4.47. The Hall–Kier alpha value is -2.48. The number of alkyl carbamates (subject to hydrolysis) is 1. The zero-order valence-corrected chi connectivity index (χ0v) is 34.7. The molecule has 0 bridgehead atoms. The number of fused-ring (bicyclic) bond motifs is 1. The number of β-amino-alcohol motifs (C(OH)–C–C–N with tert-alkyl or cyclic N) is 1. The summed E-state index contributed by atoms with van der Waals surface area (Å²) in [5, 5.41) is 12.7. The molecule has 2 N–H and O–H groups in total. The third-order valence-electron chi connectivity index (χ3n) is 11.9. The number of carbonyl (C=O) groups excluding carboxylic acids is 2. The van der Waals surface area contributed by atoms with Gasteiger partial charge in [0.25, 0.3) is 0 Å². The number of aliphatic hydroxyl groups is 1. The smallest absolute Gasteiger partial charge is 0.407 e. The van der Waals surface area contributed by atoms with E-state index in [-0.39, 0.29) is 30.8 Å². The van der Waals surface area contributed by atoms with Gasteiger partial charge in [0.1, 0.15) is 30.3 Å². The van der Waals surface area contributed by atoms with Crippen LogP contribution in [0, 0.1) is 38.5 Å². The van der Waals surface area contributed by atoms with Gasteiger partial charge in [-0.3, -0.25) is 4.79 Å². The molecule has 8 nitrogen and oxygen atoms in total. The van der Waals surface area contributed by atoms with E-state index in [0.717, 1.165) is 90.9 Å². The first kappa shape index (κ1) is 43.9. The van der Waals surface area contributed by atoms with Crippen molar-refractivity contribution in [3.05, 3.63) is 22.3 Å². The maximum atomic E-state index is 12.5. The summed E-state index contributed by atoms with van der Waals surface area (Å²) >= 11 is 0. The second-order valence-corrected chi connectivity index (χ2v) is 17.1. The summed E-state index contributed by atoms with van der Waals surface area (Å²) in [6, 6.07) is 0.157. The zero-order chi connectivity index (χ0) is 38.3. The van der Waals surface area contributed by atoms with E-state index >= 15 is 0 Å². The van der Waals surface area contributed by atoms with Gasteiger partial charge in [0.05, 0.1) is 6.10 Å². The maximum absolute atomic E-state index is 12.5. The molecule has 1 aromatic rings. The molecule has 0 aliphatic carbocycles. The van der Waals surface area contributed by atoms with Crippen LogP contribution in [0.5, 0.6) is 11.5 Å². The molecule has 2 aliphatic heterocycles. The van der Waals surface area contributed by atoms with Crippen LogP contribution in [-0.2, 0) is 16.0 Å². The van der Waals surface area contributed by atoms with Crippen LogP contribution in [0.4, 0.5) is 4.79 Å². The van der Waals surface area contributed by atoms with Crippen molar-refractivity contribution in [2.75, 3.05) is 26.3 Å². The Morgan fingerprint density at radius 3 is 2.25 bits per heavy atom. The number of ether oxygens (including phenoxy) is 3. The summed E-state index contributed by atoms with van der Waals surface area (Å²) < 4.78 is 18.4. The molecule has 2 amide bonds. The Kier molecular flexibility index (Phi) is 18.6. The highest BCUT2D eigenvalue weighted by atomic mass is 16.6. The summed E-state index contributed by atoms with van der Waals surface area (Å²) in [6.45, 7) is 21.6. The van der Waals surface area contributed by atoms with Crippen molar-refractivity contribution in [3.8, 4) is 11.5 Å². The number of aliphatic hydroxyl groups excluding tert-OH is 1. The number of hydrogen-bond acceptors (Lipinski definition) is 6. The Bertz CT molecular complexity index is 1250. The lowest BCUT2D eigenvalue weighted by Gasteiger charge is -2.38. The minimum absolute atomic E-state index is 0.121. The largest absolute Gasteiger partial charge is 0.489 e. The van der Waals surface area contributed by atoms with E-state index in [1.807, 2.05) is 4.90 Å². The second kappa shape index (κ2) is 22.0. The minimum Gasteiger partial charge on any atom is -0.489 e. The van der Waals surface area contributed by atoms with Gasteiger partial charge in [-0.1, -0.05) is 86.0 Å². The van der Waals surface area contributed by atoms with Crippen LogP contribution in [0.2, 0.25) is 0 Å². The number of nitrogens with one attached hydrogen (secondary N) is 1. The monoisotopic (exact) mass is 729 g/mol. The fourth-order valence-corrected chi connectivity index (χ4v) is 8.30. The van der Waals surface area contributed by atoms with Gasteiger partial charge in [0, 0.05) is 31.1 Å². The quantitative estimate of drug-likeness (QED) is 0.109. The fourth-order valence-electron chi connectivity index (χ4n) is 8.30. The first-order chi connectivity index (χ1) is 24.7. The first-order valence-electron chi connectivity index (χ1n) is 21.1. The molecule has 298 valence electrons. The molecular formula is C44H76N2O6. The third-order valence-corrected chi connectivity index (χ3v) is 11.9. The average Bonchev–Trinajstić information content (AvgIpc) is 3.48. The molecule has 0 unspecified atom stereocenters. The van der Waals surface area contributed by atoms with Gasteiger partial charge in [0.2, 0.25) is 5.91 Å². The zero-order valence-electron chi connectivity index (χ0n) is 34.7. The van der Waals surface area contributed by atoms with Crippen molar-refractivity contribution in [3.63, 3.8) is 0 Å². The van der Waals surface area contributed by atoms with Crippen LogP contribution in [0.3, 0.4) is 0 Å². The molecule has 0 aromatic heterocycles. The van der Waals surface area contributed by atoms with Gasteiger partial charge in [-0.2, -0.15) is 0 Å². The Morgan fingerprint density at radius 1 is 0.904 bits per heavy atom. The first-order valence-corrected chi connectivity index (χ1v) is 21.1. The lowest BCUT2D eigenvalue weighted by atomic mass is 9.83. The minimum atomic E-state index is -0.448. The van der Waals surface area contributed by atoms with Gasteiger partial charge < -0.3 is 29.5 Å². The number of nitrogens with zero attached hydrogens (tertiary/aromatic N) is 1. The van der Waals surface area contributed by atoms with E-state index in [2.05, 4.69) is 67.6 Å². The van der Waals surface area contributed by atoms with Crippen molar-refractivity contribution < 1.29 is 28.9 Å². The third kappa shape index (κ3) is 14.1. The molecule has 52 heavy (non-hydrogen) atoms. The lowest BCUT2D eigenvalue weighted by Crippen LogP contribution is -2.37. The number of amides is 2. The molecule has 2 heterocycles. The normalized spacial score (nSPS) is 21.1. The maximum Gasteiger partial charge on any atom is 0.407 e. The van der Waals surface area contributed by atoms with Gasteiger partial charge in [-0.15, -0.1) is 0 Å². The van der Waals surface area contributed by atoms with E-state index in [1.54, 1.807) is 0 Å². The van der Waals surface area contributed by atoms with Crippen LogP contribution in [-0.4, -0.2) is 66.1 Å². The number of carbonyl (C=O) groups is 2. The molecular weight excluding hydrogens is 652 g/mol. The van der Waals surface area contributed by atoms with Crippen molar-refractivity contribution >= 4 is 12.0 Å². The Labute approximate surface area is 317 Å². The van der Waals surface area contributed by atoms with Crippen LogP contribution < -0.4 is 14.8 Å². The number of unbranched alkanes of at least 4 members (excludes halogenated alkanes) is 2. The second-order valence-electron chi connectivity index (χ2n) is 17.1. The van der Waals surface area contributed by atoms with Gasteiger partial charge in [0.15, 0.2) is 0 Å². The number of likely N-dealkylation sites (tertiary alicyclic amines) is 1. The van der Waals surface area contributed by atoms with Gasteiger partial charge in [-0.05, 0) is 114 Å². The van der Waals surface area contributed by atoms with Gasteiger partial charge >= 0.3 is 6.09 Å². The highest BCUT2D eigenvalue weighted by molar-refractivity contribution is 5.77. The summed E-state index contributed by atoms with van der Waals surface area (Å²) in [7, 11) is 0. The highest BCUT2D eigenvalue weighted by Gasteiger charge is 2.35. The van der Waals surface area contributed by atoms with Crippen molar-refractivity contribution in [1.82, 2.24) is 10.2 Å². The topological polar surface area (TPSA) is 97.3 Å². The number of benzene rings is 1. The predicted octanol–water partition coefficient (Wildman–Crippen LogP) is 10.2.